The highest BCUT2D eigenvalue weighted by atomic mass is 16.5. The average molecular weight is 380 g/mol. The van der Waals surface area contributed by atoms with Gasteiger partial charge in [0.15, 0.2) is 6.61 Å². The molecule has 6 heteroatoms. The van der Waals surface area contributed by atoms with E-state index in [1.807, 2.05) is 63.2 Å². The summed E-state index contributed by atoms with van der Waals surface area (Å²) in [6, 6.07) is 13.3. The van der Waals surface area contributed by atoms with E-state index in [2.05, 4.69) is 5.32 Å². The molecule has 0 bridgehead atoms. The van der Waals surface area contributed by atoms with E-state index >= 15 is 0 Å². The van der Waals surface area contributed by atoms with E-state index in [-0.39, 0.29) is 25.5 Å². The summed E-state index contributed by atoms with van der Waals surface area (Å²) >= 11 is 0. The second-order valence-corrected chi connectivity index (χ2v) is 7.16. The Hall–Kier alpha value is -3.15. The van der Waals surface area contributed by atoms with Crippen LogP contribution in [0.2, 0.25) is 0 Å². The largest absolute Gasteiger partial charge is 0.455 e. The van der Waals surface area contributed by atoms with Crippen LogP contribution in [0.1, 0.15) is 23.1 Å². The number of amides is 2. The summed E-state index contributed by atoms with van der Waals surface area (Å²) in [7, 11) is 0. The lowest BCUT2D eigenvalue weighted by atomic mass is 10.1. The number of carbonyl (C=O) groups excluding carboxylic acids is 3. The van der Waals surface area contributed by atoms with Gasteiger partial charge >= 0.3 is 5.97 Å². The molecule has 1 heterocycles. The standard InChI is InChI=1S/C22H24N2O4/c1-14-7-9-18(10-8-14)24-12-17(11-20(24)26)22(27)28-13-19(25)23-21-15(2)5-4-6-16(21)3/h4-10,17H,11-13H2,1-3H3,(H,23,25)/t17-/m0/s1. The Kier molecular flexibility index (Phi) is 5.78. The van der Waals surface area contributed by atoms with Crippen molar-refractivity contribution in [2.45, 2.75) is 27.2 Å². The lowest BCUT2D eigenvalue weighted by Gasteiger charge is -2.16. The fourth-order valence-electron chi connectivity index (χ4n) is 3.28. The number of hydrogen-bond acceptors (Lipinski definition) is 4. The van der Waals surface area contributed by atoms with Crippen molar-refractivity contribution in [2.75, 3.05) is 23.4 Å². The maximum atomic E-state index is 12.3. The molecule has 0 aliphatic carbocycles. The number of nitrogens with one attached hydrogen (secondary N) is 1. The second-order valence-electron chi connectivity index (χ2n) is 7.16. The normalized spacial score (nSPS) is 16.2. The third-order valence-electron chi connectivity index (χ3n) is 4.90. The third-order valence-corrected chi connectivity index (χ3v) is 4.90. The van der Waals surface area contributed by atoms with Crippen LogP contribution in [-0.2, 0) is 19.1 Å². The first-order valence-corrected chi connectivity index (χ1v) is 9.25. The van der Waals surface area contributed by atoms with Crippen LogP contribution in [0, 0.1) is 26.7 Å². The van der Waals surface area contributed by atoms with Crippen LogP contribution in [-0.4, -0.2) is 30.9 Å². The van der Waals surface area contributed by atoms with Crippen LogP contribution in [0.15, 0.2) is 42.5 Å². The SMILES string of the molecule is Cc1ccc(N2C[C@@H](C(=O)OCC(=O)Nc3c(C)cccc3C)CC2=O)cc1. The Morgan fingerprint density at radius 2 is 1.71 bits per heavy atom. The van der Waals surface area contributed by atoms with Gasteiger partial charge in [0.25, 0.3) is 5.91 Å². The van der Waals surface area contributed by atoms with E-state index in [1.165, 1.54) is 0 Å². The van der Waals surface area contributed by atoms with E-state index in [4.69, 9.17) is 4.74 Å². The fraction of sp³-hybridized carbons (Fsp3) is 0.318. The van der Waals surface area contributed by atoms with Gasteiger partial charge in [0.05, 0.1) is 5.92 Å². The van der Waals surface area contributed by atoms with E-state index in [0.29, 0.717) is 0 Å². The lowest BCUT2D eigenvalue weighted by Crippen LogP contribution is -2.28. The van der Waals surface area contributed by atoms with Gasteiger partial charge < -0.3 is 15.0 Å². The van der Waals surface area contributed by atoms with Crippen molar-refractivity contribution in [2.24, 2.45) is 5.92 Å². The number of esters is 1. The Morgan fingerprint density at radius 3 is 2.36 bits per heavy atom. The number of anilines is 2. The summed E-state index contributed by atoms with van der Waals surface area (Å²) < 4.78 is 5.16. The zero-order valence-electron chi connectivity index (χ0n) is 16.3. The molecule has 1 saturated heterocycles. The first-order valence-electron chi connectivity index (χ1n) is 9.25. The van der Waals surface area contributed by atoms with Crippen LogP contribution < -0.4 is 10.2 Å². The molecule has 2 aromatic rings. The smallest absolute Gasteiger partial charge is 0.311 e. The van der Waals surface area contributed by atoms with Gasteiger partial charge in [0.2, 0.25) is 5.91 Å². The molecule has 1 N–H and O–H groups in total. The molecule has 28 heavy (non-hydrogen) atoms. The number of para-hydroxylation sites is 1. The average Bonchev–Trinajstić information content (AvgIpc) is 3.05. The predicted octanol–water partition coefficient (Wildman–Crippen LogP) is 3.15. The minimum absolute atomic E-state index is 0.0885. The zero-order valence-corrected chi connectivity index (χ0v) is 16.3. The Labute approximate surface area is 164 Å². The summed E-state index contributed by atoms with van der Waals surface area (Å²) in [5.41, 5.74) is 4.47. The Morgan fingerprint density at radius 1 is 1.07 bits per heavy atom. The third kappa shape index (κ3) is 4.39. The summed E-state index contributed by atoms with van der Waals surface area (Å²) in [4.78, 5) is 38.3. The van der Waals surface area contributed by atoms with Gasteiger partial charge in [-0.05, 0) is 44.0 Å². The summed E-state index contributed by atoms with van der Waals surface area (Å²) in [5.74, 6) is -1.61. The molecule has 6 nitrogen and oxygen atoms in total. The van der Waals surface area contributed by atoms with Crippen molar-refractivity contribution in [1.82, 2.24) is 0 Å². The number of hydrogen-bond donors (Lipinski definition) is 1. The van der Waals surface area contributed by atoms with Crippen molar-refractivity contribution in [3.8, 4) is 0 Å². The van der Waals surface area contributed by atoms with Gasteiger partial charge in [-0.1, -0.05) is 35.9 Å². The van der Waals surface area contributed by atoms with Crippen LogP contribution in [0.4, 0.5) is 11.4 Å². The molecule has 0 radical (unpaired) electrons. The number of carbonyl (C=O) groups is 3. The quantitative estimate of drug-likeness (QED) is 0.809. The topological polar surface area (TPSA) is 75.7 Å². The minimum atomic E-state index is -0.568. The molecule has 0 unspecified atom stereocenters. The molecule has 0 aromatic heterocycles. The molecule has 1 aliphatic rings. The molecule has 2 aromatic carbocycles. The molecule has 1 aliphatic heterocycles. The van der Waals surface area contributed by atoms with Crippen molar-refractivity contribution < 1.29 is 19.1 Å². The summed E-state index contributed by atoms with van der Waals surface area (Å²) in [5, 5.41) is 2.78. The molecule has 1 atom stereocenters. The Balaban J connectivity index is 1.54. The van der Waals surface area contributed by atoms with Crippen molar-refractivity contribution in [3.05, 3.63) is 59.2 Å². The molecular formula is C22H24N2O4. The van der Waals surface area contributed by atoms with Gasteiger partial charge in [0, 0.05) is 24.3 Å². The van der Waals surface area contributed by atoms with Crippen LogP contribution in [0.25, 0.3) is 0 Å². The van der Waals surface area contributed by atoms with Crippen LogP contribution in [0.5, 0.6) is 0 Å². The monoisotopic (exact) mass is 380 g/mol. The molecule has 0 spiro atoms. The number of ether oxygens (including phenoxy) is 1. The van der Waals surface area contributed by atoms with E-state index in [0.717, 1.165) is 28.1 Å². The van der Waals surface area contributed by atoms with E-state index in [1.54, 1.807) is 4.90 Å². The van der Waals surface area contributed by atoms with Crippen molar-refractivity contribution >= 4 is 29.2 Å². The van der Waals surface area contributed by atoms with Crippen molar-refractivity contribution in [1.29, 1.82) is 0 Å². The molecule has 1 fully saturated rings. The minimum Gasteiger partial charge on any atom is -0.455 e. The van der Waals surface area contributed by atoms with Crippen LogP contribution >= 0.6 is 0 Å². The zero-order chi connectivity index (χ0) is 20.3. The van der Waals surface area contributed by atoms with Crippen LogP contribution in [0.3, 0.4) is 0 Å². The van der Waals surface area contributed by atoms with Gasteiger partial charge in [0.1, 0.15) is 0 Å². The molecule has 146 valence electrons. The highest BCUT2D eigenvalue weighted by molar-refractivity contribution is 6.00. The lowest BCUT2D eigenvalue weighted by molar-refractivity contribution is -0.151. The van der Waals surface area contributed by atoms with E-state index < -0.39 is 17.8 Å². The molecular weight excluding hydrogens is 356 g/mol. The van der Waals surface area contributed by atoms with E-state index in [9.17, 15) is 14.4 Å². The number of nitrogens with zero attached hydrogens (tertiary/aromatic N) is 1. The molecule has 0 saturated carbocycles. The summed E-state index contributed by atoms with van der Waals surface area (Å²) in [6.45, 7) is 5.66. The van der Waals surface area contributed by atoms with Gasteiger partial charge in [-0.25, -0.2) is 0 Å². The van der Waals surface area contributed by atoms with Gasteiger partial charge in [-0.3, -0.25) is 14.4 Å². The first-order chi connectivity index (χ1) is 13.3. The number of rotatable bonds is 5. The maximum Gasteiger partial charge on any atom is 0.311 e. The highest BCUT2D eigenvalue weighted by Gasteiger charge is 2.36. The fourth-order valence-corrected chi connectivity index (χ4v) is 3.28. The molecule has 2 amide bonds. The summed E-state index contributed by atoms with van der Waals surface area (Å²) in [6.07, 6.45) is 0.0885. The van der Waals surface area contributed by atoms with Gasteiger partial charge in [-0.15, -0.1) is 0 Å². The first kappa shape index (κ1) is 19.6. The van der Waals surface area contributed by atoms with Gasteiger partial charge in [-0.2, -0.15) is 0 Å². The van der Waals surface area contributed by atoms with Crippen molar-refractivity contribution in [3.63, 3.8) is 0 Å². The number of benzene rings is 2. The molecule has 3 rings (SSSR count). The highest BCUT2D eigenvalue weighted by Crippen LogP contribution is 2.26. The second kappa shape index (κ2) is 8.25. The predicted molar refractivity (Wildman–Crippen MR) is 107 cm³/mol. The number of aryl methyl sites for hydroxylation is 3. The maximum absolute atomic E-state index is 12.3. The Bertz CT molecular complexity index is 885.